The van der Waals surface area contributed by atoms with Gasteiger partial charge in [0.2, 0.25) is 0 Å². The van der Waals surface area contributed by atoms with E-state index < -0.39 is 0 Å². The fourth-order valence-electron chi connectivity index (χ4n) is 1.25. The molecule has 0 aliphatic rings. The summed E-state index contributed by atoms with van der Waals surface area (Å²) in [6.07, 6.45) is 4.06. The standard InChI is InChI=1S/C12H17IS/c1-2-3-6-9-14-10-11-7-4-5-8-12(11)13/h4-5,7-8H,2-3,6,9-10H2,1H3. The molecule has 0 saturated carbocycles. The Hall–Kier alpha value is 0.300. The van der Waals surface area contributed by atoms with E-state index in [-0.39, 0.29) is 0 Å². The molecule has 2 heteroatoms. The van der Waals surface area contributed by atoms with Crippen LogP contribution in [0.2, 0.25) is 0 Å². The Bertz CT molecular complexity index is 260. The molecule has 0 unspecified atom stereocenters. The highest BCUT2D eigenvalue weighted by Crippen LogP contribution is 2.19. The van der Waals surface area contributed by atoms with Gasteiger partial charge in [-0.15, -0.1) is 0 Å². The molecule has 0 heterocycles. The Morgan fingerprint density at radius 2 is 2.00 bits per heavy atom. The Kier molecular flexibility index (Phi) is 6.69. The molecule has 0 fully saturated rings. The second-order valence-corrected chi connectivity index (χ2v) is 5.62. The Labute approximate surface area is 105 Å². The molecule has 0 amide bonds. The molecule has 14 heavy (non-hydrogen) atoms. The van der Waals surface area contributed by atoms with Crippen molar-refractivity contribution in [3.05, 3.63) is 33.4 Å². The summed E-state index contributed by atoms with van der Waals surface area (Å²) in [6.45, 7) is 2.25. The van der Waals surface area contributed by atoms with Crippen LogP contribution in [0.5, 0.6) is 0 Å². The normalized spacial score (nSPS) is 10.4. The lowest BCUT2D eigenvalue weighted by Gasteiger charge is -2.03. The highest BCUT2D eigenvalue weighted by molar-refractivity contribution is 14.1. The molecule has 78 valence electrons. The van der Waals surface area contributed by atoms with Crippen LogP contribution >= 0.6 is 34.4 Å². The van der Waals surface area contributed by atoms with Crippen molar-refractivity contribution in [1.29, 1.82) is 0 Å². The van der Waals surface area contributed by atoms with Crippen molar-refractivity contribution >= 4 is 34.4 Å². The summed E-state index contributed by atoms with van der Waals surface area (Å²) in [5, 5.41) is 0. The number of thioether (sulfide) groups is 1. The molecule has 0 aromatic heterocycles. The second kappa shape index (κ2) is 7.57. The molecule has 0 atom stereocenters. The van der Waals surface area contributed by atoms with Gasteiger partial charge < -0.3 is 0 Å². The molecule has 0 aliphatic carbocycles. The SMILES string of the molecule is CCCCCSCc1ccccc1I. The zero-order chi connectivity index (χ0) is 10.2. The zero-order valence-electron chi connectivity index (χ0n) is 8.63. The largest absolute Gasteiger partial charge is 0.157 e. The highest BCUT2D eigenvalue weighted by Gasteiger charge is 1.97. The number of unbranched alkanes of at least 4 members (excludes halogenated alkanes) is 2. The van der Waals surface area contributed by atoms with E-state index in [2.05, 4.69) is 65.5 Å². The minimum atomic E-state index is 1.17. The van der Waals surface area contributed by atoms with E-state index in [0.717, 1.165) is 0 Å². The van der Waals surface area contributed by atoms with Gasteiger partial charge in [-0.1, -0.05) is 38.0 Å². The maximum Gasteiger partial charge on any atom is 0.0195 e. The van der Waals surface area contributed by atoms with Crippen molar-refractivity contribution in [2.75, 3.05) is 5.75 Å². The van der Waals surface area contributed by atoms with Crippen molar-refractivity contribution in [1.82, 2.24) is 0 Å². The number of hydrogen-bond acceptors (Lipinski definition) is 1. The van der Waals surface area contributed by atoms with E-state index in [9.17, 15) is 0 Å². The number of halogens is 1. The third kappa shape index (κ3) is 4.69. The van der Waals surface area contributed by atoms with Crippen LogP contribution in [0, 0.1) is 3.57 Å². The lowest BCUT2D eigenvalue weighted by atomic mass is 10.2. The van der Waals surface area contributed by atoms with E-state index in [1.165, 1.54) is 39.9 Å². The van der Waals surface area contributed by atoms with Crippen molar-refractivity contribution < 1.29 is 0 Å². The predicted molar refractivity (Wildman–Crippen MR) is 74.8 cm³/mol. The van der Waals surface area contributed by atoms with Crippen LogP contribution in [-0.2, 0) is 5.75 Å². The Morgan fingerprint density at radius 1 is 1.21 bits per heavy atom. The van der Waals surface area contributed by atoms with Crippen LogP contribution in [0.1, 0.15) is 31.7 Å². The van der Waals surface area contributed by atoms with Crippen molar-refractivity contribution in [3.8, 4) is 0 Å². The van der Waals surface area contributed by atoms with Crippen LogP contribution < -0.4 is 0 Å². The van der Waals surface area contributed by atoms with Crippen molar-refractivity contribution in [3.63, 3.8) is 0 Å². The maximum absolute atomic E-state index is 2.42. The fraction of sp³-hybridized carbons (Fsp3) is 0.500. The summed E-state index contributed by atoms with van der Waals surface area (Å²) in [5.41, 5.74) is 1.48. The van der Waals surface area contributed by atoms with Gasteiger partial charge in [-0.2, -0.15) is 11.8 Å². The molecule has 0 nitrogen and oxygen atoms in total. The van der Waals surface area contributed by atoms with Gasteiger partial charge in [-0.05, 0) is 46.4 Å². The lowest BCUT2D eigenvalue weighted by molar-refractivity contribution is 0.778. The maximum atomic E-state index is 2.42. The lowest BCUT2D eigenvalue weighted by Crippen LogP contribution is -1.87. The minimum Gasteiger partial charge on any atom is -0.157 e. The second-order valence-electron chi connectivity index (χ2n) is 3.35. The summed E-state index contributed by atoms with van der Waals surface area (Å²) in [7, 11) is 0. The predicted octanol–water partition coefficient (Wildman–Crippen LogP) is 4.71. The third-order valence-electron chi connectivity index (χ3n) is 2.11. The molecule has 0 aliphatic heterocycles. The van der Waals surface area contributed by atoms with Crippen LogP contribution in [0.3, 0.4) is 0 Å². The molecule has 0 N–H and O–H groups in total. The van der Waals surface area contributed by atoms with Gasteiger partial charge in [0.15, 0.2) is 0 Å². The molecule has 0 bridgehead atoms. The molecule has 1 aromatic carbocycles. The van der Waals surface area contributed by atoms with Crippen LogP contribution in [-0.4, -0.2) is 5.75 Å². The molecule has 0 saturated heterocycles. The van der Waals surface area contributed by atoms with Gasteiger partial charge in [0, 0.05) is 9.32 Å². The summed E-state index contributed by atoms with van der Waals surface area (Å²) >= 11 is 4.47. The third-order valence-corrected chi connectivity index (χ3v) is 4.25. The monoisotopic (exact) mass is 320 g/mol. The molecule has 1 aromatic rings. The van der Waals surface area contributed by atoms with Crippen molar-refractivity contribution in [2.45, 2.75) is 31.9 Å². The summed E-state index contributed by atoms with van der Waals surface area (Å²) in [6, 6.07) is 8.65. The molecular weight excluding hydrogens is 303 g/mol. The first-order chi connectivity index (χ1) is 6.84. The van der Waals surface area contributed by atoms with Crippen molar-refractivity contribution in [2.24, 2.45) is 0 Å². The molecule has 0 spiro atoms. The van der Waals surface area contributed by atoms with Crippen LogP contribution in [0.15, 0.2) is 24.3 Å². The number of rotatable bonds is 6. The van der Waals surface area contributed by atoms with Gasteiger partial charge in [0.1, 0.15) is 0 Å². The average molecular weight is 320 g/mol. The molecule has 1 rings (SSSR count). The zero-order valence-corrected chi connectivity index (χ0v) is 11.6. The quantitative estimate of drug-likeness (QED) is 0.540. The van der Waals surface area contributed by atoms with Gasteiger partial charge in [0.25, 0.3) is 0 Å². The van der Waals surface area contributed by atoms with E-state index in [1.807, 2.05) is 0 Å². The summed E-state index contributed by atoms with van der Waals surface area (Å²) in [5.74, 6) is 2.47. The molecule has 0 radical (unpaired) electrons. The van der Waals surface area contributed by atoms with Crippen LogP contribution in [0.25, 0.3) is 0 Å². The smallest absolute Gasteiger partial charge is 0.0195 e. The first kappa shape index (κ1) is 12.4. The highest BCUT2D eigenvalue weighted by atomic mass is 127. The molecular formula is C12H17IS. The van der Waals surface area contributed by atoms with Gasteiger partial charge in [-0.3, -0.25) is 0 Å². The topological polar surface area (TPSA) is 0 Å². The van der Waals surface area contributed by atoms with Gasteiger partial charge in [0.05, 0.1) is 0 Å². The first-order valence-electron chi connectivity index (χ1n) is 5.15. The van der Waals surface area contributed by atoms with Gasteiger partial charge in [-0.25, -0.2) is 0 Å². The van der Waals surface area contributed by atoms with E-state index in [4.69, 9.17) is 0 Å². The van der Waals surface area contributed by atoms with E-state index in [0.29, 0.717) is 0 Å². The fourth-order valence-corrected chi connectivity index (χ4v) is 3.11. The van der Waals surface area contributed by atoms with E-state index in [1.54, 1.807) is 0 Å². The summed E-state index contributed by atoms with van der Waals surface area (Å²) < 4.78 is 1.40. The minimum absolute atomic E-state index is 1.17. The average Bonchev–Trinajstić information content (AvgIpc) is 2.20. The summed E-state index contributed by atoms with van der Waals surface area (Å²) in [4.78, 5) is 0. The Balaban J connectivity index is 2.21. The Morgan fingerprint density at radius 3 is 2.71 bits per heavy atom. The number of hydrogen-bond donors (Lipinski definition) is 0. The number of benzene rings is 1. The van der Waals surface area contributed by atoms with Gasteiger partial charge >= 0.3 is 0 Å². The first-order valence-corrected chi connectivity index (χ1v) is 7.39. The van der Waals surface area contributed by atoms with E-state index >= 15 is 0 Å². The van der Waals surface area contributed by atoms with Crippen LogP contribution in [0.4, 0.5) is 0 Å².